The summed E-state index contributed by atoms with van der Waals surface area (Å²) in [5.41, 5.74) is 0. The van der Waals surface area contributed by atoms with Gasteiger partial charge in [0.25, 0.3) is 5.88 Å². The van der Waals surface area contributed by atoms with E-state index < -0.39 is 12.8 Å². The van der Waals surface area contributed by atoms with Crippen LogP contribution >= 0.6 is 15.9 Å². The number of pyridine rings is 1. The van der Waals surface area contributed by atoms with Crippen molar-refractivity contribution in [3.05, 3.63) is 16.7 Å². The van der Waals surface area contributed by atoms with Crippen LogP contribution in [0.25, 0.3) is 0 Å². The maximum atomic E-state index is 12.0. The first-order valence-corrected chi connectivity index (χ1v) is 5.19. The summed E-state index contributed by atoms with van der Waals surface area (Å²) in [4.78, 5) is 3.81. The molecular weight excluding hydrogens is 291 g/mol. The van der Waals surface area contributed by atoms with Crippen LogP contribution < -0.4 is 9.47 Å². The summed E-state index contributed by atoms with van der Waals surface area (Å²) < 4.78 is 46.0. The second kappa shape index (κ2) is 5.38. The van der Waals surface area contributed by atoms with Crippen molar-refractivity contribution in [3.63, 3.8) is 0 Å². The fourth-order valence-electron chi connectivity index (χ4n) is 0.916. The zero-order chi connectivity index (χ0) is 12.2. The van der Waals surface area contributed by atoms with Gasteiger partial charge >= 0.3 is 6.18 Å². The molecule has 0 fully saturated rings. The Morgan fingerprint density at radius 3 is 2.62 bits per heavy atom. The average Bonchev–Trinajstić information content (AvgIpc) is 2.17. The number of nitrogens with zero attached hydrogens (tertiary/aromatic N) is 1. The zero-order valence-corrected chi connectivity index (χ0v) is 9.93. The smallest absolute Gasteiger partial charge is 0.422 e. The number of halogens is 4. The van der Waals surface area contributed by atoms with E-state index in [0.717, 1.165) is 0 Å². The van der Waals surface area contributed by atoms with E-state index in [0.29, 0.717) is 11.1 Å². The molecule has 0 saturated carbocycles. The first-order chi connectivity index (χ1) is 7.42. The Morgan fingerprint density at radius 1 is 1.38 bits per heavy atom. The Hall–Kier alpha value is -0.980. The van der Waals surface area contributed by atoms with Gasteiger partial charge in [-0.3, -0.25) is 0 Å². The van der Waals surface area contributed by atoms with Gasteiger partial charge in [0.05, 0.1) is 6.61 Å². The molecule has 0 aromatic carbocycles. The van der Waals surface area contributed by atoms with Crippen molar-refractivity contribution in [2.75, 3.05) is 13.2 Å². The summed E-state index contributed by atoms with van der Waals surface area (Å²) in [5, 5.41) is 0. The van der Waals surface area contributed by atoms with Gasteiger partial charge in [-0.2, -0.15) is 13.2 Å². The highest BCUT2D eigenvalue weighted by atomic mass is 79.9. The van der Waals surface area contributed by atoms with Gasteiger partial charge in [-0.15, -0.1) is 0 Å². The molecule has 1 rings (SSSR count). The zero-order valence-electron chi connectivity index (χ0n) is 8.34. The van der Waals surface area contributed by atoms with Crippen molar-refractivity contribution < 1.29 is 22.6 Å². The van der Waals surface area contributed by atoms with Gasteiger partial charge in [-0.1, -0.05) is 0 Å². The van der Waals surface area contributed by atoms with Crippen molar-refractivity contribution in [1.82, 2.24) is 4.98 Å². The van der Waals surface area contributed by atoms with Crippen molar-refractivity contribution in [1.29, 1.82) is 0 Å². The third-order valence-electron chi connectivity index (χ3n) is 1.46. The van der Waals surface area contributed by atoms with Gasteiger partial charge in [0.2, 0.25) is 0 Å². The van der Waals surface area contributed by atoms with Gasteiger partial charge in [0.1, 0.15) is 0 Å². The van der Waals surface area contributed by atoms with Crippen LogP contribution in [-0.4, -0.2) is 24.4 Å². The van der Waals surface area contributed by atoms with E-state index in [2.05, 4.69) is 25.7 Å². The van der Waals surface area contributed by atoms with E-state index in [1.807, 2.05) is 0 Å². The Morgan fingerprint density at radius 2 is 2.06 bits per heavy atom. The maximum Gasteiger partial charge on any atom is 0.422 e. The molecule has 0 atom stereocenters. The molecule has 0 aliphatic heterocycles. The molecule has 0 aliphatic carbocycles. The molecule has 3 nitrogen and oxygen atoms in total. The molecule has 90 valence electrons. The number of rotatable bonds is 4. The lowest BCUT2D eigenvalue weighted by Crippen LogP contribution is -2.19. The molecule has 0 amide bonds. The Bertz CT molecular complexity index is 357. The van der Waals surface area contributed by atoms with Crippen molar-refractivity contribution in [3.8, 4) is 11.6 Å². The summed E-state index contributed by atoms with van der Waals surface area (Å²) in [6, 6.07) is 1.38. The highest BCUT2D eigenvalue weighted by Crippen LogP contribution is 2.29. The molecule has 0 N–H and O–H groups in total. The Labute approximate surface area is 98.7 Å². The van der Waals surface area contributed by atoms with Crippen LogP contribution in [0.4, 0.5) is 13.2 Å². The largest absolute Gasteiger partial charge is 0.478 e. The van der Waals surface area contributed by atoms with Crippen LogP contribution in [0, 0.1) is 0 Å². The monoisotopic (exact) mass is 299 g/mol. The topological polar surface area (TPSA) is 31.4 Å². The first-order valence-electron chi connectivity index (χ1n) is 4.40. The normalized spacial score (nSPS) is 11.3. The van der Waals surface area contributed by atoms with E-state index in [1.54, 1.807) is 6.92 Å². The Kier molecular flexibility index (Phi) is 4.40. The van der Waals surface area contributed by atoms with Crippen molar-refractivity contribution in [2.24, 2.45) is 0 Å². The fourth-order valence-corrected chi connectivity index (χ4v) is 1.23. The summed E-state index contributed by atoms with van der Waals surface area (Å²) in [7, 11) is 0. The lowest BCUT2D eigenvalue weighted by atomic mass is 10.4. The van der Waals surface area contributed by atoms with Crippen LogP contribution in [0.2, 0.25) is 0 Å². The second-order valence-electron chi connectivity index (χ2n) is 2.79. The minimum Gasteiger partial charge on any atom is -0.478 e. The van der Waals surface area contributed by atoms with Crippen LogP contribution in [0.3, 0.4) is 0 Å². The summed E-state index contributed by atoms with van der Waals surface area (Å²) in [6.45, 7) is 0.638. The van der Waals surface area contributed by atoms with Crippen molar-refractivity contribution >= 4 is 15.9 Å². The summed E-state index contributed by atoms with van der Waals surface area (Å²) in [6.07, 6.45) is -2.96. The number of aromatic nitrogens is 1. The quantitative estimate of drug-likeness (QED) is 0.856. The van der Waals surface area contributed by atoms with E-state index in [-0.39, 0.29) is 11.6 Å². The minimum atomic E-state index is -4.38. The number of ether oxygens (including phenoxy) is 2. The SMILES string of the molecule is CCOc1ncc(Br)cc1OCC(F)(F)F. The first kappa shape index (κ1) is 13.1. The lowest BCUT2D eigenvalue weighted by Gasteiger charge is -2.12. The molecule has 16 heavy (non-hydrogen) atoms. The van der Waals surface area contributed by atoms with E-state index in [4.69, 9.17) is 4.74 Å². The molecule has 0 spiro atoms. The lowest BCUT2D eigenvalue weighted by molar-refractivity contribution is -0.153. The maximum absolute atomic E-state index is 12.0. The van der Waals surface area contributed by atoms with Gasteiger partial charge in [-0.05, 0) is 22.9 Å². The molecule has 1 heterocycles. The highest BCUT2D eigenvalue weighted by Gasteiger charge is 2.29. The van der Waals surface area contributed by atoms with Gasteiger partial charge < -0.3 is 9.47 Å². The summed E-state index contributed by atoms with van der Waals surface area (Å²) in [5.74, 6) is 0.0171. The fraction of sp³-hybridized carbons (Fsp3) is 0.444. The van der Waals surface area contributed by atoms with E-state index >= 15 is 0 Å². The third-order valence-corrected chi connectivity index (χ3v) is 1.89. The molecule has 7 heteroatoms. The van der Waals surface area contributed by atoms with Crippen LogP contribution in [-0.2, 0) is 0 Å². The number of hydrogen-bond donors (Lipinski definition) is 0. The second-order valence-corrected chi connectivity index (χ2v) is 3.71. The third kappa shape index (κ3) is 4.26. The molecule has 1 aromatic heterocycles. The van der Waals surface area contributed by atoms with Crippen LogP contribution in [0.1, 0.15) is 6.92 Å². The van der Waals surface area contributed by atoms with Gasteiger partial charge in [0.15, 0.2) is 12.4 Å². The van der Waals surface area contributed by atoms with Crippen molar-refractivity contribution in [2.45, 2.75) is 13.1 Å². The Balaban J connectivity index is 2.79. The molecule has 1 aromatic rings. The average molecular weight is 300 g/mol. The number of hydrogen-bond acceptors (Lipinski definition) is 3. The van der Waals surface area contributed by atoms with E-state index in [1.165, 1.54) is 12.3 Å². The van der Waals surface area contributed by atoms with E-state index in [9.17, 15) is 13.2 Å². The van der Waals surface area contributed by atoms with Crippen LogP contribution in [0.15, 0.2) is 16.7 Å². The molecule has 0 bridgehead atoms. The predicted octanol–water partition coefficient (Wildman–Crippen LogP) is 3.18. The summed E-state index contributed by atoms with van der Waals surface area (Å²) >= 11 is 3.09. The molecular formula is C9H9BrF3NO2. The predicted molar refractivity (Wildman–Crippen MR) is 54.7 cm³/mol. The number of alkyl halides is 3. The van der Waals surface area contributed by atoms with Gasteiger partial charge in [0, 0.05) is 16.7 Å². The minimum absolute atomic E-state index is 0.0338. The molecule has 0 radical (unpaired) electrons. The standard InChI is InChI=1S/C9H9BrF3NO2/c1-2-15-8-7(3-6(10)4-14-8)16-5-9(11,12)13/h3-4H,2,5H2,1H3. The highest BCUT2D eigenvalue weighted by molar-refractivity contribution is 9.10. The van der Waals surface area contributed by atoms with Gasteiger partial charge in [-0.25, -0.2) is 4.98 Å². The van der Waals surface area contributed by atoms with Crippen LogP contribution in [0.5, 0.6) is 11.6 Å². The molecule has 0 saturated heterocycles. The molecule has 0 unspecified atom stereocenters. The molecule has 0 aliphatic rings.